The molecule has 2 N–H and O–H groups in total. The first kappa shape index (κ1) is 15.8. The summed E-state index contributed by atoms with van der Waals surface area (Å²) in [6.45, 7) is 6.34. The van der Waals surface area contributed by atoms with Gasteiger partial charge in [0.2, 0.25) is 5.89 Å². The summed E-state index contributed by atoms with van der Waals surface area (Å²) in [7, 11) is 0. The number of hydrogen-bond donors (Lipinski definition) is 1. The van der Waals surface area contributed by atoms with Gasteiger partial charge in [-0.1, -0.05) is 37.3 Å². The number of nitrogens with zero attached hydrogens (tertiary/aromatic N) is 2. The van der Waals surface area contributed by atoms with E-state index in [-0.39, 0.29) is 0 Å². The van der Waals surface area contributed by atoms with Crippen molar-refractivity contribution in [2.24, 2.45) is 0 Å². The van der Waals surface area contributed by atoms with Crippen LogP contribution in [0.2, 0.25) is 0 Å². The Morgan fingerprint density at radius 2 is 1.88 bits per heavy atom. The lowest BCUT2D eigenvalue weighted by molar-refractivity contribution is 0.591. The third-order valence-electron chi connectivity index (χ3n) is 4.63. The number of hydrogen-bond acceptors (Lipinski definition) is 5. The van der Waals surface area contributed by atoms with Crippen LogP contribution in [0.15, 0.2) is 40.9 Å². The van der Waals surface area contributed by atoms with Crippen molar-refractivity contribution in [3.8, 4) is 22.1 Å². The van der Waals surface area contributed by atoms with Gasteiger partial charge in [0.15, 0.2) is 5.76 Å². The summed E-state index contributed by atoms with van der Waals surface area (Å²) >= 11 is 1.55. The lowest BCUT2D eigenvalue weighted by Gasteiger charge is -2.07. The van der Waals surface area contributed by atoms with Crippen molar-refractivity contribution in [1.82, 2.24) is 9.97 Å². The number of pyridine rings is 1. The van der Waals surface area contributed by atoms with Crippen molar-refractivity contribution >= 4 is 27.2 Å². The van der Waals surface area contributed by atoms with Crippen LogP contribution in [0.5, 0.6) is 0 Å². The lowest BCUT2D eigenvalue weighted by Crippen LogP contribution is -1.96. The third kappa shape index (κ3) is 2.51. The van der Waals surface area contributed by atoms with Crippen molar-refractivity contribution in [1.29, 1.82) is 0 Å². The van der Waals surface area contributed by atoms with Crippen LogP contribution >= 0.6 is 11.3 Å². The summed E-state index contributed by atoms with van der Waals surface area (Å²) in [6, 6.07) is 9.94. The van der Waals surface area contributed by atoms with Crippen LogP contribution in [0.1, 0.15) is 23.7 Å². The molecule has 0 unspecified atom stereocenters. The molecular formula is C20H19N3OS. The van der Waals surface area contributed by atoms with Gasteiger partial charge in [-0.15, -0.1) is 11.3 Å². The summed E-state index contributed by atoms with van der Waals surface area (Å²) in [6.07, 6.45) is 2.66. The number of thiophene rings is 1. The Bertz CT molecular complexity index is 1060. The standard InChI is InChI=1S/C20H19N3OS/c1-4-14-11(2)12(3)16-17(21)18(25-20(16)23-14)19-22-10-15(24-19)13-8-6-5-7-9-13/h5-10H,4,21H2,1-3H3. The van der Waals surface area contributed by atoms with E-state index in [9.17, 15) is 0 Å². The molecule has 0 spiro atoms. The Balaban J connectivity index is 1.87. The van der Waals surface area contributed by atoms with Crippen molar-refractivity contribution in [2.75, 3.05) is 5.73 Å². The van der Waals surface area contributed by atoms with Crippen molar-refractivity contribution < 1.29 is 4.42 Å². The molecule has 5 heteroatoms. The summed E-state index contributed by atoms with van der Waals surface area (Å²) in [4.78, 5) is 11.0. The van der Waals surface area contributed by atoms with Gasteiger partial charge >= 0.3 is 0 Å². The van der Waals surface area contributed by atoms with E-state index in [1.54, 1.807) is 17.5 Å². The van der Waals surface area contributed by atoms with E-state index in [4.69, 9.17) is 15.1 Å². The van der Waals surface area contributed by atoms with Gasteiger partial charge in [0, 0.05) is 16.6 Å². The Hall–Kier alpha value is -2.66. The number of fused-ring (bicyclic) bond motifs is 1. The van der Waals surface area contributed by atoms with Gasteiger partial charge in [0.25, 0.3) is 0 Å². The minimum atomic E-state index is 0.550. The molecule has 0 saturated carbocycles. The molecule has 1 aromatic carbocycles. The first-order valence-electron chi connectivity index (χ1n) is 8.29. The highest BCUT2D eigenvalue weighted by molar-refractivity contribution is 7.22. The first-order valence-corrected chi connectivity index (χ1v) is 9.11. The zero-order valence-corrected chi connectivity index (χ0v) is 15.3. The smallest absolute Gasteiger partial charge is 0.239 e. The number of aryl methyl sites for hydroxylation is 2. The van der Waals surface area contributed by atoms with Crippen LogP contribution in [0, 0.1) is 13.8 Å². The van der Waals surface area contributed by atoms with Gasteiger partial charge in [-0.05, 0) is 31.4 Å². The molecular weight excluding hydrogens is 330 g/mol. The Morgan fingerprint density at radius 1 is 1.12 bits per heavy atom. The molecule has 0 amide bonds. The van der Waals surface area contributed by atoms with E-state index in [0.717, 1.165) is 38.5 Å². The van der Waals surface area contributed by atoms with Crippen LogP contribution in [0.25, 0.3) is 32.3 Å². The molecule has 3 heterocycles. The highest BCUT2D eigenvalue weighted by atomic mass is 32.1. The SMILES string of the molecule is CCc1nc2sc(-c3ncc(-c4ccccc4)o3)c(N)c2c(C)c1C. The van der Waals surface area contributed by atoms with E-state index >= 15 is 0 Å². The second-order valence-electron chi connectivity index (χ2n) is 6.08. The molecule has 0 aliphatic carbocycles. The number of aromatic nitrogens is 2. The number of benzene rings is 1. The van der Waals surface area contributed by atoms with Gasteiger partial charge in [-0.25, -0.2) is 9.97 Å². The number of rotatable bonds is 3. The van der Waals surface area contributed by atoms with Crippen LogP contribution in [0.4, 0.5) is 5.69 Å². The molecule has 25 heavy (non-hydrogen) atoms. The molecule has 0 atom stereocenters. The molecule has 0 aliphatic rings. The minimum Gasteiger partial charge on any atom is -0.435 e. The van der Waals surface area contributed by atoms with Gasteiger partial charge in [0.1, 0.15) is 9.71 Å². The van der Waals surface area contributed by atoms with E-state index in [0.29, 0.717) is 11.6 Å². The molecule has 0 fully saturated rings. The van der Waals surface area contributed by atoms with Crippen molar-refractivity contribution in [3.05, 3.63) is 53.3 Å². The Labute approximate surface area is 150 Å². The first-order chi connectivity index (χ1) is 12.1. The maximum absolute atomic E-state index is 6.45. The fourth-order valence-electron chi connectivity index (χ4n) is 3.10. The number of nitrogens with two attached hydrogens (primary N) is 1. The number of oxazole rings is 1. The molecule has 0 saturated heterocycles. The largest absolute Gasteiger partial charge is 0.435 e. The fraction of sp³-hybridized carbons (Fsp3) is 0.200. The fourth-order valence-corrected chi connectivity index (χ4v) is 4.21. The van der Waals surface area contributed by atoms with Crippen LogP contribution in [-0.2, 0) is 6.42 Å². The van der Waals surface area contributed by atoms with Crippen molar-refractivity contribution in [2.45, 2.75) is 27.2 Å². The molecule has 126 valence electrons. The van der Waals surface area contributed by atoms with E-state index < -0.39 is 0 Å². The molecule has 0 bridgehead atoms. The summed E-state index contributed by atoms with van der Waals surface area (Å²) in [5.41, 5.74) is 11.7. The van der Waals surface area contributed by atoms with Gasteiger partial charge in [-0.3, -0.25) is 0 Å². The third-order valence-corrected chi connectivity index (χ3v) is 5.71. The van der Waals surface area contributed by atoms with Gasteiger partial charge < -0.3 is 10.2 Å². The van der Waals surface area contributed by atoms with Gasteiger partial charge in [-0.2, -0.15) is 0 Å². The second kappa shape index (κ2) is 6.01. The minimum absolute atomic E-state index is 0.550. The predicted octanol–water partition coefficient (Wildman–Crippen LogP) is 5.38. The summed E-state index contributed by atoms with van der Waals surface area (Å²) in [5, 5.41) is 1.02. The average Bonchev–Trinajstić information content (AvgIpc) is 3.24. The molecule has 0 aliphatic heterocycles. The monoisotopic (exact) mass is 349 g/mol. The summed E-state index contributed by atoms with van der Waals surface area (Å²) < 4.78 is 5.98. The zero-order chi connectivity index (χ0) is 17.6. The zero-order valence-electron chi connectivity index (χ0n) is 14.5. The quantitative estimate of drug-likeness (QED) is 0.539. The van der Waals surface area contributed by atoms with E-state index in [1.807, 2.05) is 30.3 Å². The molecule has 4 nitrogen and oxygen atoms in total. The number of anilines is 1. The summed E-state index contributed by atoms with van der Waals surface area (Å²) in [5.74, 6) is 1.29. The topological polar surface area (TPSA) is 64.9 Å². The van der Waals surface area contributed by atoms with E-state index in [2.05, 4.69) is 25.8 Å². The maximum atomic E-state index is 6.45. The number of nitrogen functional groups attached to an aromatic ring is 1. The highest BCUT2D eigenvalue weighted by Crippen LogP contribution is 2.42. The van der Waals surface area contributed by atoms with E-state index in [1.165, 1.54) is 11.1 Å². The Kier molecular flexibility index (Phi) is 3.81. The molecule has 0 radical (unpaired) electrons. The highest BCUT2D eigenvalue weighted by Gasteiger charge is 2.20. The lowest BCUT2D eigenvalue weighted by atomic mass is 10.0. The Morgan fingerprint density at radius 3 is 2.60 bits per heavy atom. The molecule has 4 rings (SSSR count). The molecule has 3 aromatic heterocycles. The van der Waals surface area contributed by atoms with Gasteiger partial charge in [0.05, 0.1) is 11.9 Å². The average molecular weight is 349 g/mol. The van der Waals surface area contributed by atoms with Crippen molar-refractivity contribution in [3.63, 3.8) is 0 Å². The van der Waals surface area contributed by atoms with Crippen LogP contribution < -0.4 is 5.73 Å². The molecule has 4 aromatic rings. The van der Waals surface area contributed by atoms with Crippen LogP contribution in [-0.4, -0.2) is 9.97 Å². The predicted molar refractivity (Wildman–Crippen MR) is 104 cm³/mol. The normalized spacial score (nSPS) is 11.3. The maximum Gasteiger partial charge on any atom is 0.239 e. The second-order valence-corrected chi connectivity index (χ2v) is 7.08. The van der Waals surface area contributed by atoms with Crippen LogP contribution in [0.3, 0.4) is 0 Å².